The molecule has 0 heterocycles. The summed E-state index contributed by atoms with van der Waals surface area (Å²) in [5.41, 5.74) is 5.52. The molecule has 2 nitrogen and oxygen atoms in total. The number of nitrogens with two attached hydrogens (primary N) is 1. The fourth-order valence-electron chi connectivity index (χ4n) is 0.739. The molecule has 0 spiro atoms. The van der Waals surface area contributed by atoms with Gasteiger partial charge < -0.3 is 10.5 Å². The first kappa shape index (κ1) is 9.12. The predicted octanol–water partition coefficient (Wildman–Crippen LogP) is 2.16. The SMILES string of the molecule is Nc1cc(S)ccc1OC(F)F. The maximum Gasteiger partial charge on any atom is 0.387 e. The fraction of sp³-hybridized carbons (Fsp3) is 0.143. The van der Waals surface area contributed by atoms with Crippen LogP contribution in [0.4, 0.5) is 14.5 Å². The molecule has 1 aromatic rings. The highest BCUT2D eigenvalue weighted by atomic mass is 32.1. The number of halogens is 2. The highest BCUT2D eigenvalue weighted by molar-refractivity contribution is 7.80. The lowest BCUT2D eigenvalue weighted by Crippen LogP contribution is -2.04. The molecule has 5 heteroatoms. The molecular formula is C7H7F2NOS. The van der Waals surface area contributed by atoms with Gasteiger partial charge in [-0.15, -0.1) is 12.6 Å². The molecule has 0 aliphatic carbocycles. The maximum absolute atomic E-state index is 11.7. The van der Waals surface area contributed by atoms with Crippen molar-refractivity contribution in [2.24, 2.45) is 0 Å². The summed E-state index contributed by atoms with van der Waals surface area (Å²) in [5, 5.41) is 0. The number of hydrogen-bond donors (Lipinski definition) is 2. The Bertz CT molecular complexity index is 280. The smallest absolute Gasteiger partial charge is 0.387 e. The van der Waals surface area contributed by atoms with Crippen molar-refractivity contribution < 1.29 is 13.5 Å². The van der Waals surface area contributed by atoms with Crippen LogP contribution in [0, 0.1) is 0 Å². The topological polar surface area (TPSA) is 35.2 Å². The summed E-state index contributed by atoms with van der Waals surface area (Å²) in [6.45, 7) is -2.85. The first-order chi connectivity index (χ1) is 5.59. The summed E-state index contributed by atoms with van der Waals surface area (Å²) in [4.78, 5) is 0.606. The number of hydrogen-bond acceptors (Lipinski definition) is 3. The summed E-state index contributed by atoms with van der Waals surface area (Å²) in [7, 11) is 0. The standard InChI is InChI=1S/C7H7F2NOS/c8-7(9)11-6-2-1-4(12)3-5(6)10/h1-3,7,12H,10H2. The zero-order valence-corrected chi connectivity index (χ0v) is 6.89. The summed E-state index contributed by atoms with van der Waals surface area (Å²) >= 11 is 3.97. The summed E-state index contributed by atoms with van der Waals surface area (Å²) in [6, 6.07) is 4.32. The third kappa shape index (κ3) is 2.27. The van der Waals surface area contributed by atoms with Gasteiger partial charge in [0.15, 0.2) is 0 Å². The minimum absolute atomic E-state index is 0.0252. The molecule has 0 aromatic heterocycles. The average Bonchev–Trinajstić information content (AvgIpc) is 1.94. The van der Waals surface area contributed by atoms with E-state index in [1.165, 1.54) is 18.2 Å². The van der Waals surface area contributed by atoms with Gasteiger partial charge in [0.1, 0.15) is 5.75 Å². The first-order valence-corrected chi connectivity index (χ1v) is 3.57. The maximum atomic E-state index is 11.7. The Morgan fingerprint density at radius 2 is 2.08 bits per heavy atom. The molecule has 1 aromatic carbocycles. The van der Waals surface area contributed by atoms with E-state index in [0.29, 0.717) is 4.90 Å². The monoisotopic (exact) mass is 191 g/mol. The quantitative estimate of drug-likeness (QED) is 0.555. The Morgan fingerprint density at radius 3 is 2.58 bits per heavy atom. The Balaban J connectivity index is 2.86. The fourth-order valence-corrected chi connectivity index (χ4v) is 0.953. The summed E-state index contributed by atoms with van der Waals surface area (Å²) in [5.74, 6) is -0.0252. The summed E-state index contributed by atoms with van der Waals surface area (Å²) in [6.07, 6.45) is 0. The molecule has 0 fully saturated rings. The van der Waals surface area contributed by atoms with Crippen LogP contribution >= 0.6 is 12.6 Å². The van der Waals surface area contributed by atoms with E-state index in [1.807, 2.05) is 0 Å². The summed E-state index contributed by atoms with van der Waals surface area (Å²) < 4.78 is 27.5. The number of nitrogen functional groups attached to an aromatic ring is 1. The average molecular weight is 191 g/mol. The molecule has 0 bridgehead atoms. The van der Waals surface area contributed by atoms with Crippen molar-refractivity contribution in [3.05, 3.63) is 18.2 Å². The Labute approximate surface area is 73.7 Å². The number of alkyl halides is 2. The molecule has 12 heavy (non-hydrogen) atoms. The van der Waals surface area contributed by atoms with E-state index >= 15 is 0 Å². The Hall–Kier alpha value is -0.970. The highest BCUT2D eigenvalue weighted by Gasteiger charge is 2.06. The van der Waals surface area contributed by atoms with Crippen LogP contribution in [0.2, 0.25) is 0 Å². The number of thiol groups is 1. The van der Waals surface area contributed by atoms with Gasteiger partial charge in [-0.2, -0.15) is 8.78 Å². The number of ether oxygens (including phenoxy) is 1. The molecule has 0 radical (unpaired) electrons. The molecule has 0 saturated heterocycles. The molecule has 66 valence electrons. The van der Waals surface area contributed by atoms with Gasteiger partial charge in [0, 0.05) is 4.90 Å². The zero-order valence-electron chi connectivity index (χ0n) is 6.00. The van der Waals surface area contributed by atoms with Gasteiger partial charge in [-0.05, 0) is 18.2 Å². The molecule has 1 rings (SSSR count). The van der Waals surface area contributed by atoms with E-state index in [9.17, 15) is 8.78 Å². The van der Waals surface area contributed by atoms with Crippen molar-refractivity contribution in [1.29, 1.82) is 0 Å². The van der Waals surface area contributed by atoms with E-state index in [0.717, 1.165) is 0 Å². The van der Waals surface area contributed by atoms with Crippen molar-refractivity contribution in [3.8, 4) is 5.75 Å². The van der Waals surface area contributed by atoms with E-state index < -0.39 is 6.61 Å². The van der Waals surface area contributed by atoms with Gasteiger partial charge in [0.2, 0.25) is 0 Å². The number of rotatable bonds is 2. The largest absolute Gasteiger partial charge is 0.433 e. The molecule has 0 amide bonds. The van der Waals surface area contributed by atoms with Crippen LogP contribution in [-0.2, 0) is 0 Å². The highest BCUT2D eigenvalue weighted by Crippen LogP contribution is 2.25. The van der Waals surface area contributed by atoms with Gasteiger partial charge in [0.05, 0.1) is 5.69 Å². The van der Waals surface area contributed by atoms with Crippen molar-refractivity contribution >= 4 is 18.3 Å². The second-order valence-electron chi connectivity index (χ2n) is 2.10. The predicted molar refractivity (Wildman–Crippen MR) is 44.7 cm³/mol. The third-order valence-corrected chi connectivity index (χ3v) is 1.49. The van der Waals surface area contributed by atoms with Gasteiger partial charge in [-0.1, -0.05) is 0 Å². The molecule has 0 aliphatic rings. The van der Waals surface area contributed by atoms with Crippen molar-refractivity contribution in [2.45, 2.75) is 11.5 Å². The molecule has 2 N–H and O–H groups in total. The molecule has 0 saturated carbocycles. The van der Waals surface area contributed by atoms with Crippen LogP contribution in [0.1, 0.15) is 0 Å². The second-order valence-corrected chi connectivity index (χ2v) is 2.62. The van der Waals surface area contributed by atoms with Crippen LogP contribution in [0.25, 0.3) is 0 Å². The van der Waals surface area contributed by atoms with Gasteiger partial charge in [-0.3, -0.25) is 0 Å². The van der Waals surface area contributed by atoms with Crippen LogP contribution in [0.3, 0.4) is 0 Å². The lowest BCUT2D eigenvalue weighted by atomic mass is 10.3. The van der Waals surface area contributed by atoms with Crippen LogP contribution in [0.15, 0.2) is 23.1 Å². The van der Waals surface area contributed by atoms with Crippen molar-refractivity contribution in [1.82, 2.24) is 0 Å². The number of anilines is 1. The lowest BCUT2D eigenvalue weighted by molar-refractivity contribution is -0.0493. The van der Waals surface area contributed by atoms with Gasteiger partial charge in [-0.25, -0.2) is 0 Å². The van der Waals surface area contributed by atoms with Crippen LogP contribution in [0.5, 0.6) is 5.75 Å². The molecular weight excluding hydrogens is 184 g/mol. The van der Waals surface area contributed by atoms with E-state index in [2.05, 4.69) is 17.4 Å². The van der Waals surface area contributed by atoms with E-state index in [1.54, 1.807) is 0 Å². The zero-order chi connectivity index (χ0) is 9.14. The third-order valence-electron chi connectivity index (χ3n) is 1.21. The van der Waals surface area contributed by atoms with Gasteiger partial charge >= 0.3 is 6.61 Å². The van der Waals surface area contributed by atoms with E-state index in [-0.39, 0.29) is 11.4 Å². The number of benzene rings is 1. The Morgan fingerprint density at radius 1 is 1.42 bits per heavy atom. The van der Waals surface area contributed by atoms with E-state index in [4.69, 9.17) is 5.73 Å². The Kier molecular flexibility index (Phi) is 2.75. The van der Waals surface area contributed by atoms with Gasteiger partial charge in [0.25, 0.3) is 0 Å². The first-order valence-electron chi connectivity index (χ1n) is 3.13. The normalized spacial score (nSPS) is 10.3. The molecule has 0 unspecified atom stereocenters. The van der Waals surface area contributed by atoms with Crippen molar-refractivity contribution in [3.63, 3.8) is 0 Å². The minimum Gasteiger partial charge on any atom is -0.433 e. The van der Waals surface area contributed by atoms with Crippen LogP contribution in [-0.4, -0.2) is 6.61 Å². The van der Waals surface area contributed by atoms with Crippen molar-refractivity contribution in [2.75, 3.05) is 5.73 Å². The second kappa shape index (κ2) is 3.62. The lowest BCUT2D eigenvalue weighted by Gasteiger charge is -2.06. The molecule has 0 atom stereocenters. The molecule has 0 aliphatic heterocycles. The minimum atomic E-state index is -2.85. The van der Waals surface area contributed by atoms with Crippen LogP contribution < -0.4 is 10.5 Å².